The second-order valence-electron chi connectivity index (χ2n) is 8.63. The van der Waals surface area contributed by atoms with E-state index in [9.17, 15) is 0 Å². The SMILES string of the molecule is c1ccc(-c2nc3c(-c4nnc[nH]4)cc(N4CCOCC4)cc3n2-c2ccnc3ccccc23)nc1. The summed E-state index contributed by atoms with van der Waals surface area (Å²) in [5.41, 5.74) is 6.46. The molecule has 1 aliphatic heterocycles. The lowest BCUT2D eigenvalue weighted by molar-refractivity contribution is 0.122. The first kappa shape index (κ1) is 20.7. The van der Waals surface area contributed by atoms with Crippen molar-refractivity contribution in [3.8, 4) is 28.6 Å². The Morgan fingerprint density at radius 3 is 2.61 bits per heavy atom. The molecule has 7 rings (SSSR count). The lowest BCUT2D eigenvalue weighted by atomic mass is 10.1. The van der Waals surface area contributed by atoms with Gasteiger partial charge in [0.05, 0.1) is 29.9 Å². The molecule has 1 saturated heterocycles. The van der Waals surface area contributed by atoms with E-state index in [0.29, 0.717) is 19.0 Å². The fourth-order valence-corrected chi connectivity index (χ4v) is 4.87. The predicted molar refractivity (Wildman–Crippen MR) is 138 cm³/mol. The molecule has 0 unspecified atom stereocenters. The van der Waals surface area contributed by atoms with Crippen LogP contribution in [-0.2, 0) is 4.74 Å². The molecule has 176 valence electrons. The van der Waals surface area contributed by atoms with Crippen molar-refractivity contribution in [3.05, 3.63) is 79.4 Å². The van der Waals surface area contributed by atoms with Gasteiger partial charge in [0.25, 0.3) is 0 Å². The number of ether oxygens (including phenoxy) is 1. The van der Waals surface area contributed by atoms with Crippen LogP contribution in [0.1, 0.15) is 0 Å². The van der Waals surface area contributed by atoms with Gasteiger partial charge in [-0.1, -0.05) is 24.3 Å². The number of nitrogens with zero attached hydrogens (tertiary/aromatic N) is 7. The molecule has 0 aliphatic carbocycles. The third kappa shape index (κ3) is 3.40. The smallest absolute Gasteiger partial charge is 0.164 e. The van der Waals surface area contributed by atoms with Crippen LogP contribution < -0.4 is 4.90 Å². The summed E-state index contributed by atoms with van der Waals surface area (Å²) in [5, 5.41) is 9.41. The zero-order valence-electron chi connectivity index (χ0n) is 19.4. The van der Waals surface area contributed by atoms with Crippen molar-refractivity contribution < 1.29 is 4.74 Å². The first-order chi connectivity index (χ1) is 17.9. The van der Waals surface area contributed by atoms with Crippen LogP contribution in [0.3, 0.4) is 0 Å². The van der Waals surface area contributed by atoms with Gasteiger partial charge in [0.15, 0.2) is 11.6 Å². The number of hydrogen-bond acceptors (Lipinski definition) is 7. The maximum atomic E-state index is 5.61. The highest BCUT2D eigenvalue weighted by Gasteiger charge is 2.23. The van der Waals surface area contributed by atoms with Gasteiger partial charge in [-0.15, -0.1) is 10.2 Å². The highest BCUT2D eigenvalue weighted by molar-refractivity contribution is 5.99. The van der Waals surface area contributed by atoms with E-state index >= 15 is 0 Å². The molecule has 4 aromatic heterocycles. The lowest BCUT2D eigenvalue weighted by Crippen LogP contribution is -2.36. The van der Waals surface area contributed by atoms with E-state index in [4.69, 9.17) is 9.72 Å². The van der Waals surface area contributed by atoms with Gasteiger partial charge in [0, 0.05) is 42.1 Å². The van der Waals surface area contributed by atoms with Crippen LogP contribution in [0.5, 0.6) is 0 Å². The van der Waals surface area contributed by atoms with E-state index in [2.05, 4.69) is 52.8 Å². The van der Waals surface area contributed by atoms with Crippen LogP contribution in [-0.4, -0.2) is 61.0 Å². The van der Waals surface area contributed by atoms with Crippen LogP contribution in [0.15, 0.2) is 79.4 Å². The number of aromatic nitrogens is 7. The number of nitrogens with one attached hydrogen (secondary N) is 1. The number of pyridine rings is 2. The van der Waals surface area contributed by atoms with Gasteiger partial charge < -0.3 is 14.6 Å². The van der Waals surface area contributed by atoms with E-state index in [1.165, 1.54) is 0 Å². The maximum Gasteiger partial charge on any atom is 0.164 e. The molecular weight excluding hydrogens is 452 g/mol. The van der Waals surface area contributed by atoms with E-state index in [1.807, 2.05) is 48.7 Å². The molecule has 1 aliphatic rings. The molecule has 1 fully saturated rings. The molecule has 6 aromatic rings. The lowest BCUT2D eigenvalue weighted by Gasteiger charge is -2.29. The van der Waals surface area contributed by atoms with E-state index < -0.39 is 0 Å². The Kier molecular flexibility index (Phi) is 4.92. The number of benzene rings is 2. The second kappa shape index (κ2) is 8.54. The minimum Gasteiger partial charge on any atom is -0.378 e. The fourth-order valence-electron chi connectivity index (χ4n) is 4.87. The topological polar surface area (TPSA) is 97.6 Å². The largest absolute Gasteiger partial charge is 0.378 e. The predicted octanol–water partition coefficient (Wildman–Crippen LogP) is 4.26. The summed E-state index contributed by atoms with van der Waals surface area (Å²) in [6.07, 6.45) is 5.23. The molecule has 36 heavy (non-hydrogen) atoms. The van der Waals surface area contributed by atoms with E-state index in [0.717, 1.165) is 63.5 Å². The van der Waals surface area contributed by atoms with Crippen molar-refractivity contribution in [1.82, 2.24) is 34.7 Å². The summed E-state index contributed by atoms with van der Waals surface area (Å²) in [5.74, 6) is 1.42. The Hall–Kier alpha value is -4.63. The number of rotatable bonds is 4. The summed E-state index contributed by atoms with van der Waals surface area (Å²) in [7, 11) is 0. The average Bonchev–Trinajstić information content (AvgIpc) is 3.62. The summed E-state index contributed by atoms with van der Waals surface area (Å²) >= 11 is 0. The molecule has 2 aromatic carbocycles. The second-order valence-corrected chi connectivity index (χ2v) is 8.63. The monoisotopic (exact) mass is 474 g/mol. The van der Waals surface area contributed by atoms with Gasteiger partial charge in [0.2, 0.25) is 0 Å². The Morgan fingerprint density at radius 1 is 0.889 bits per heavy atom. The zero-order chi connectivity index (χ0) is 23.9. The summed E-state index contributed by atoms with van der Waals surface area (Å²) in [6.45, 7) is 3.04. The standard InChI is InChI=1S/C27H22N8O/c1-2-6-21-19(5-1)23(8-10-29-21)35-24-16-18(34-11-13-36-14-12-34)15-20(26-30-17-31-33-26)25(24)32-27(35)22-7-3-4-9-28-22/h1-10,15-17H,11-14H2,(H,30,31,33). The molecular formula is C27H22N8O. The first-order valence-corrected chi connectivity index (χ1v) is 11.9. The highest BCUT2D eigenvalue weighted by atomic mass is 16.5. The van der Waals surface area contributed by atoms with Crippen molar-refractivity contribution in [2.75, 3.05) is 31.2 Å². The number of aromatic amines is 1. The fraction of sp³-hybridized carbons (Fsp3) is 0.148. The summed E-state index contributed by atoms with van der Waals surface area (Å²) in [4.78, 5) is 19.9. The summed E-state index contributed by atoms with van der Waals surface area (Å²) in [6, 6.07) is 20.4. The number of para-hydroxylation sites is 1. The van der Waals surface area contributed by atoms with Crippen LogP contribution in [0.25, 0.3) is 50.5 Å². The van der Waals surface area contributed by atoms with Gasteiger partial charge in [-0.2, -0.15) is 0 Å². The molecule has 9 heteroatoms. The van der Waals surface area contributed by atoms with Crippen molar-refractivity contribution >= 4 is 27.6 Å². The van der Waals surface area contributed by atoms with Gasteiger partial charge in [-0.05, 0) is 36.4 Å². The molecule has 0 amide bonds. The highest BCUT2D eigenvalue weighted by Crippen LogP contribution is 2.37. The minimum absolute atomic E-state index is 0.673. The average molecular weight is 475 g/mol. The quantitative estimate of drug-likeness (QED) is 0.408. The van der Waals surface area contributed by atoms with Crippen molar-refractivity contribution in [1.29, 1.82) is 0 Å². The van der Waals surface area contributed by atoms with Crippen LogP contribution in [0, 0.1) is 0 Å². The van der Waals surface area contributed by atoms with Crippen LogP contribution >= 0.6 is 0 Å². The molecule has 0 spiro atoms. The molecule has 0 bridgehead atoms. The number of imidazole rings is 1. The zero-order valence-corrected chi connectivity index (χ0v) is 19.4. The van der Waals surface area contributed by atoms with Crippen LogP contribution in [0.4, 0.5) is 5.69 Å². The minimum atomic E-state index is 0.673. The van der Waals surface area contributed by atoms with Crippen molar-refractivity contribution in [2.24, 2.45) is 0 Å². The Labute approximate surface area is 206 Å². The summed E-state index contributed by atoms with van der Waals surface area (Å²) < 4.78 is 7.80. The Balaban J connectivity index is 1.59. The van der Waals surface area contributed by atoms with Gasteiger partial charge in [-0.3, -0.25) is 14.5 Å². The van der Waals surface area contributed by atoms with E-state index in [1.54, 1.807) is 12.5 Å². The molecule has 0 atom stereocenters. The molecule has 0 radical (unpaired) electrons. The number of hydrogen-bond donors (Lipinski definition) is 1. The number of morpholine rings is 1. The molecule has 0 saturated carbocycles. The normalized spacial score (nSPS) is 14.1. The third-order valence-corrected chi connectivity index (χ3v) is 6.55. The first-order valence-electron chi connectivity index (χ1n) is 11.9. The van der Waals surface area contributed by atoms with Crippen LogP contribution in [0.2, 0.25) is 0 Å². The van der Waals surface area contributed by atoms with Gasteiger partial charge in [-0.25, -0.2) is 4.98 Å². The number of fused-ring (bicyclic) bond motifs is 2. The number of anilines is 1. The van der Waals surface area contributed by atoms with E-state index in [-0.39, 0.29) is 0 Å². The molecule has 9 nitrogen and oxygen atoms in total. The maximum absolute atomic E-state index is 5.61. The van der Waals surface area contributed by atoms with Crippen molar-refractivity contribution in [3.63, 3.8) is 0 Å². The Bertz CT molecular complexity index is 1670. The Morgan fingerprint density at radius 2 is 1.78 bits per heavy atom. The van der Waals surface area contributed by atoms with Gasteiger partial charge in [0.1, 0.15) is 17.5 Å². The third-order valence-electron chi connectivity index (χ3n) is 6.55. The molecule has 1 N–H and O–H groups in total. The van der Waals surface area contributed by atoms with Crippen molar-refractivity contribution in [2.45, 2.75) is 0 Å². The number of H-pyrrole nitrogens is 1. The molecule has 5 heterocycles. The van der Waals surface area contributed by atoms with Gasteiger partial charge >= 0.3 is 0 Å².